The SMILES string of the molecule is CN[C@@H](C)C(=O)N[C@H]1CCS[C@H]2CC(C)(C)[C@@H](C(=O)C[C@H]3c4ccccc4C[C@H]3OCC#CCO[C@@H]3Cc4ccccc4[C@@H]3NC(=O)[C@H]3N4C(=O)[C@@H](NC(=O)[C@H](C)NC)CCS[C@H]4CC3(C)C)N2C1=O. The maximum Gasteiger partial charge on any atom is 0.246 e. The zero-order chi connectivity index (χ0) is 50.1. The molecule has 4 aliphatic heterocycles. The molecule has 0 spiro atoms. The highest BCUT2D eigenvalue weighted by atomic mass is 32.2. The molecule has 17 heteroatoms. The highest BCUT2D eigenvalue weighted by Gasteiger charge is 2.56. The number of carbonyl (C=O) groups is 6. The van der Waals surface area contributed by atoms with Crippen LogP contribution in [0.2, 0.25) is 0 Å². The van der Waals surface area contributed by atoms with Crippen molar-refractivity contribution >= 4 is 58.8 Å². The lowest BCUT2D eigenvalue weighted by atomic mass is 9.79. The average Bonchev–Trinajstić information content (AvgIpc) is 3.97. The van der Waals surface area contributed by atoms with Crippen LogP contribution in [-0.2, 0) is 51.1 Å². The van der Waals surface area contributed by atoms with Gasteiger partial charge in [-0.1, -0.05) is 88.1 Å². The summed E-state index contributed by atoms with van der Waals surface area (Å²) in [5.74, 6) is 6.26. The van der Waals surface area contributed by atoms with Crippen molar-refractivity contribution in [3.8, 4) is 11.8 Å². The van der Waals surface area contributed by atoms with Crippen LogP contribution in [0.25, 0.3) is 0 Å². The van der Waals surface area contributed by atoms with Crippen LogP contribution >= 0.6 is 23.5 Å². The monoisotopic (exact) mass is 997 g/mol. The summed E-state index contributed by atoms with van der Waals surface area (Å²) in [6.07, 6.45) is 3.03. The molecule has 12 atom stereocenters. The number of benzene rings is 2. The summed E-state index contributed by atoms with van der Waals surface area (Å²) < 4.78 is 12.9. The van der Waals surface area contributed by atoms with Crippen LogP contribution in [0.3, 0.4) is 0 Å². The second-order valence-electron chi connectivity index (χ2n) is 21.2. The van der Waals surface area contributed by atoms with Crippen molar-refractivity contribution in [2.24, 2.45) is 10.8 Å². The highest BCUT2D eigenvalue weighted by molar-refractivity contribution is 8.00. The summed E-state index contributed by atoms with van der Waals surface area (Å²) in [7, 11) is 3.41. The second-order valence-corrected chi connectivity index (χ2v) is 23.7. The number of amides is 5. The molecule has 4 heterocycles. The lowest BCUT2D eigenvalue weighted by Gasteiger charge is -2.35. The molecule has 4 fully saturated rings. The Kier molecular flexibility index (Phi) is 16.1. The maximum atomic E-state index is 14.7. The smallest absolute Gasteiger partial charge is 0.246 e. The number of likely N-dealkylation sites (N-methyl/N-ethyl adjacent to an activating group) is 2. The molecule has 0 aromatic heterocycles. The molecule has 378 valence electrons. The van der Waals surface area contributed by atoms with Crippen LogP contribution in [0, 0.1) is 22.7 Å². The van der Waals surface area contributed by atoms with E-state index >= 15 is 0 Å². The van der Waals surface area contributed by atoms with Gasteiger partial charge in [0.2, 0.25) is 29.5 Å². The van der Waals surface area contributed by atoms with Crippen LogP contribution in [-0.4, -0.2) is 143 Å². The van der Waals surface area contributed by atoms with Crippen LogP contribution in [0.4, 0.5) is 0 Å². The van der Waals surface area contributed by atoms with Gasteiger partial charge in [-0.25, -0.2) is 0 Å². The topological polar surface area (TPSA) is 188 Å². The van der Waals surface area contributed by atoms with Crippen molar-refractivity contribution in [2.45, 2.75) is 158 Å². The summed E-state index contributed by atoms with van der Waals surface area (Å²) in [4.78, 5) is 87.0. The molecule has 8 rings (SSSR count). The number of nitrogens with zero attached hydrogens (tertiary/aromatic N) is 2. The van der Waals surface area contributed by atoms with Crippen molar-refractivity contribution in [1.82, 2.24) is 36.4 Å². The van der Waals surface area contributed by atoms with E-state index in [9.17, 15) is 28.8 Å². The normalized spacial score (nSPS) is 30.3. The minimum Gasteiger partial charge on any atom is -0.365 e. The summed E-state index contributed by atoms with van der Waals surface area (Å²) in [6, 6.07) is 11.9. The fraction of sp³-hybridized carbons (Fsp3) is 0.623. The lowest BCUT2D eigenvalue weighted by Crippen LogP contribution is -2.58. The number of thioether (sulfide) groups is 2. The van der Waals surface area contributed by atoms with Gasteiger partial charge in [0.05, 0.1) is 47.1 Å². The van der Waals surface area contributed by atoms with Crippen molar-refractivity contribution < 1.29 is 38.2 Å². The van der Waals surface area contributed by atoms with Gasteiger partial charge in [-0.3, -0.25) is 28.8 Å². The predicted octanol–water partition coefficient (Wildman–Crippen LogP) is 3.84. The number of rotatable bonds is 15. The zero-order valence-electron chi connectivity index (χ0n) is 41.8. The molecule has 5 N–H and O–H groups in total. The Bertz CT molecular complexity index is 2230. The Morgan fingerprint density at radius 1 is 0.686 bits per heavy atom. The van der Waals surface area contributed by atoms with E-state index in [1.54, 1.807) is 61.3 Å². The molecule has 2 aliphatic carbocycles. The molecule has 0 bridgehead atoms. The van der Waals surface area contributed by atoms with E-state index < -0.39 is 59.2 Å². The Morgan fingerprint density at radius 2 is 1.16 bits per heavy atom. The molecule has 0 radical (unpaired) electrons. The van der Waals surface area contributed by atoms with Crippen molar-refractivity contribution in [3.63, 3.8) is 0 Å². The van der Waals surface area contributed by atoms with E-state index in [-0.39, 0.29) is 77.7 Å². The molecule has 70 heavy (non-hydrogen) atoms. The Morgan fingerprint density at radius 3 is 1.71 bits per heavy atom. The summed E-state index contributed by atoms with van der Waals surface area (Å²) in [5, 5.41) is 14.7. The number of ketones is 1. The quantitative estimate of drug-likeness (QED) is 0.163. The molecule has 4 saturated heterocycles. The largest absolute Gasteiger partial charge is 0.365 e. The van der Waals surface area contributed by atoms with Gasteiger partial charge in [-0.2, -0.15) is 0 Å². The van der Waals surface area contributed by atoms with Crippen LogP contribution in [0.5, 0.6) is 0 Å². The third kappa shape index (κ3) is 10.7. The van der Waals surface area contributed by atoms with E-state index in [0.29, 0.717) is 50.0 Å². The number of fused-ring (bicyclic) bond motifs is 4. The molecular formula is C53H71N7O8S2. The molecule has 15 nitrogen and oxygen atoms in total. The van der Waals surface area contributed by atoms with Gasteiger partial charge in [-0.05, 0) is 105 Å². The van der Waals surface area contributed by atoms with Gasteiger partial charge >= 0.3 is 0 Å². The molecule has 5 amide bonds. The summed E-state index contributed by atoms with van der Waals surface area (Å²) >= 11 is 3.35. The predicted molar refractivity (Wildman–Crippen MR) is 271 cm³/mol. The average molecular weight is 998 g/mol. The fourth-order valence-corrected chi connectivity index (χ4v) is 14.7. The van der Waals surface area contributed by atoms with Crippen LogP contribution in [0.1, 0.15) is 108 Å². The molecule has 2 aromatic carbocycles. The summed E-state index contributed by atoms with van der Waals surface area (Å²) in [5.41, 5.74) is 3.25. The number of carbonyl (C=O) groups excluding carboxylic acids is 6. The first-order chi connectivity index (χ1) is 33.4. The maximum absolute atomic E-state index is 14.7. The van der Waals surface area contributed by atoms with Gasteiger partial charge in [0.15, 0.2) is 5.78 Å². The zero-order valence-corrected chi connectivity index (χ0v) is 43.4. The third-order valence-electron chi connectivity index (χ3n) is 15.5. The van der Waals surface area contributed by atoms with Crippen LogP contribution in [0.15, 0.2) is 48.5 Å². The highest BCUT2D eigenvalue weighted by Crippen LogP contribution is 2.49. The van der Waals surface area contributed by atoms with Gasteiger partial charge in [0, 0.05) is 18.8 Å². The number of hydrogen-bond acceptors (Lipinski definition) is 12. The van der Waals surface area contributed by atoms with Gasteiger partial charge < -0.3 is 45.9 Å². The van der Waals surface area contributed by atoms with Gasteiger partial charge in [-0.15, -0.1) is 23.5 Å². The van der Waals surface area contributed by atoms with E-state index in [0.717, 1.165) is 22.3 Å². The molecule has 0 saturated carbocycles. The molecule has 2 aromatic rings. The first-order valence-electron chi connectivity index (χ1n) is 24.9. The van der Waals surface area contributed by atoms with E-state index in [1.807, 2.05) is 50.2 Å². The summed E-state index contributed by atoms with van der Waals surface area (Å²) in [6.45, 7) is 11.9. The first kappa shape index (κ1) is 51.9. The number of Topliss-reactive ketones (excluding diaryl/α,β-unsaturated/α-hetero) is 1. The van der Waals surface area contributed by atoms with Gasteiger partial charge in [0.25, 0.3) is 0 Å². The third-order valence-corrected chi connectivity index (χ3v) is 18.0. The van der Waals surface area contributed by atoms with Crippen molar-refractivity contribution in [3.05, 3.63) is 70.8 Å². The Balaban J connectivity index is 0.911. The van der Waals surface area contributed by atoms with E-state index in [1.165, 1.54) is 0 Å². The van der Waals surface area contributed by atoms with E-state index in [2.05, 4.69) is 64.4 Å². The van der Waals surface area contributed by atoms with Crippen molar-refractivity contribution in [2.75, 3.05) is 38.8 Å². The fourth-order valence-electron chi connectivity index (χ4n) is 11.6. The Labute approximate surface area is 421 Å². The number of ether oxygens (including phenoxy) is 2. The van der Waals surface area contributed by atoms with Gasteiger partial charge in [0.1, 0.15) is 31.3 Å². The van der Waals surface area contributed by atoms with E-state index in [4.69, 9.17) is 9.47 Å². The lowest BCUT2D eigenvalue weighted by molar-refractivity contribution is -0.144. The molecule has 6 aliphatic rings. The van der Waals surface area contributed by atoms with Crippen molar-refractivity contribution in [1.29, 1.82) is 0 Å². The second kappa shape index (κ2) is 21.7. The van der Waals surface area contributed by atoms with Crippen LogP contribution < -0.4 is 26.6 Å². The minimum atomic E-state index is -0.751. The molecular weight excluding hydrogens is 927 g/mol. The Hall–Kier alpha value is -4.44. The number of nitrogens with one attached hydrogen (secondary N) is 5. The first-order valence-corrected chi connectivity index (χ1v) is 27.0. The minimum absolute atomic E-state index is 0.00762. The standard InChI is InChI=1S/C53H71N7O8S2/c1-30(54-7)47(62)56-37-19-23-69-42-28-52(3,4)45(59(42)50(37)65)39(61)27-36-34-17-11-9-15-32(34)25-40(36)67-21-13-14-22-68-41-26-33-16-10-12-18-35(33)44(41)58-49(64)46-53(5,6)29-43-60(46)51(66)38(20-24-70-43)57-48(63)31(2)55-8/h9-12,15-18,30-31,36-38,40-46,54-55H,19-29H2,1-8H3,(H,56,62)(H,57,63)(H,58,64)/t30-,31-,36-,37-,38-,40+,41+,42-,43-,44-,45+,46+/m0/s1. The number of hydrogen-bond donors (Lipinski definition) is 5. The molecule has 0 unspecified atom stereocenters.